The number of halogens is 6. The van der Waals surface area contributed by atoms with Crippen LogP contribution in [0.25, 0.3) is 0 Å². The summed E-state index contributed by atoms with van der Waals surface area (Å²) in [6.07, 6.45) is 0.358. The molecule has 0 amide bonds. The van der Waals surface area contributed by atoms with Crippen molar-refractivity contribution in [3.63, 3.8) is 0 Å². The Labute approximate surface area is 182 Å². The van der Waals surface area contributed by atoms with Crippen LogP contribution < -0.4 is 0 Å². The predicted octanol–water partition coefficient (Wildman–Crippen LogP) is 4.24. The van der Waals surface area contributed by atoms with Gasteiger partial charge in [0.25, 0.3) is 0 Å². The minimum atomic E-state index is -1.62. The van der Waals surface area contributed by atoms with E-state index in [4.69, 9.17) is 10.5 Å². The van der Waals surface area contributed by atoms with Crippen LogP contribution in [0.5, 0.6) is 0 Å². The molecule has 0 fully saturated rings. The molecule has 0 saturated heterocycles. The third kappa shape index (κ3) is 6.22. The number of hydrogen-bond donors (Lipinski definition) is 1. The molecule has 0 aliphatic heterocycles. The van der Waals surface area contributed by atoms with Gasteiger partial charge in [-0.1, -0.05) is 5.16 Å². The SMILES string of the molecule is CCOC(=O)c1cc(F)c(F)c(C#N)c1F.CCOC(=O)c1cc(F)c(F)c(C=NO)c1F. The van der Waals surface area contributed by atoms with E-state index >= 15 is 0 Å². The Morgan fingerprint density at radius 2 is 1.36 bits per heavy atom. The van der Waals surface area contributed by atoms with Gasteiger partial charge in [0.05, 0.1) is 36.1 Å². The Balaban J connectivity index is 0.000000331. The molecule has 0 aliphatic carbocycles. The van der Waals surface area contributed by atoms with Crippen LogP contribution in [-0.2, 0) is 9.47 Å². The van der Waals surface area contributed by atoms with E-state index in [0.717, 1.165) is 6.07 Å². The monoisotopic (exact) mass is 476 g/mol. The highest BCUT2D eigenvalue weighted by atomic mass is 19.2. The number of carbonyl (C=O) groups is 2. The van der Waals surface area contributed by atoms with Crippen molar-refractivity contribution < 1.29 is 50.6 Å². The minimum absolute atomic E-state index is 0.0410. The van der Waals surface area contributed by atoms with E-state index in [1.807, 2.05) is 0 Å². The van der Waals surface area contributed by atoms with Crippen molar-refractivity contribution >= 4 is 18.2 Å². The number of nitriles is 1. The second kappa shape index (κ2) is 12.1. The van der Waals surface area contributed by atoms with E-state index in [-0.39, 0.29) is 13.2 Å². The zero-order valence-electron chi connectivity index (χ0n) is 16.9. The highest BCUT2D eigenvalue weighted by Crippen LogP contribution is 2.21. The van der Waals surface area contributed by atoms with E-state index in [1.54, 1.807) is 0 Å². The lowest BCUT2D eigenvalue weighted by Crippen LogP contribution is -2.11. The quantitative estimate of drug-likeness (QED) is 0.173. The fraction of sp³-hybridized carbons (Fsp3) is 0.200. The molecule has 33 heavy (non-hydrogen) atoms. The Morgan fingerprint density at radius 1 is 0.909 bits per heavy atom. The Kier molecular flexibility index (Phi) is 9.87. The normalized spacial score (nSPS) is 10.3. The summed E-state index contributed by atoms with van der Waals surface area (Å²) in [5.74, 6) is -11.1. The van der Waals surface area contributed by atoms with Crippen LogP contribution in [0.3, 0.4) is 0 Å². The summed E-state index contributed by atoms with van der Waals surface area (Å²) >= 11 is 0. The van der Waals surface area contributed by atoms with Gasteiger partial charge in [0, 0.05) is 0 Å². The van der Waals surface area contributed by atoms with E-state index in [0.29, 0.717) is 18.3 Å². The van der Waals surface area contributed by atoms with Gasteiger partial charge < -0.3 is 14.7 Å². The maximum Gasteiger partial charge on any atom is 0.341 e. The first-order valence-corrected chi connectivity index (χ1v) is 8.82. The van der Waals surface area contributed by atoms with Gasteiger partial charge in [-0.25, -0.2) is 35.9 Å². The summed E-state index contributed by atoms with van der Waals surface area (Å²) in [6.45, 7) is 2.87. The van der Waals surface area contributed by atoms with E-state index in [9.17, 15) is 35.9 Å². The van der Waals surface area contributed by atoms with Crippen molar-refractivity contribution in [1.29, 1.82) is 5.26 Å². The van der Waals surface area contributed by atoms with Crippen LogP contribution in [0.2, 0.25) is 0 Å². The largest absolute Gasteiger partial charge is 0.462 e. The van der Waals surface area contributed by atoms with Crippen LogP contribution in [0.1, 0.15) is 45.7 Å². The van der Waals surface area contributed by atoms with Gasteiger partial charge in [0.1, 0.15) is 17.4 Å². The lowest BCUT2D eigenvalue weighted by Gasteiger charge is -2.06. The molecule has 0 saturated carbocycles. The summed E-state index contributed by atoms with van der Waals surface area (Å²) < 4.78 is 87.8. The van der Waals surface area contributed by atoms with Crippen molar-refractivity contribution in [1.82, 2.24) is 0 Å². The molecule has 0 unspecified atom stereocenters. The Morgan fingerprint density at radius 3 is 1.79 bits per heavy atom. The number of benzene rings is 2. The third-order valence-corrected chi connectivity index (χ3v) is 3.64. The smallest absolute Gasteiger partial charge is 0.341 e. The first-order valence-electron chi connectivity index (χ1n) is 8.82. The van der Waals surface area contributed by atoms with Gasteiger partial charge in [0.15, 0.2) is 29.1 Å². The topological polar surface area (TPSA) is 109 Å². The van der Waals surface area contributed by atoms with E-state index in [1.165, 1.54) is 13.8 Å². The number of esters is 2. The molecule has 0 heterocycles. The molecule has 13 heteroatoms. The fourth-order valence-corrected chi connectivity index (χ4v) is 2.21. The molecule has 2 rings (SSSR count). The highest BCUT2D eigenvalue weighted by molar-refractivity contribution is 5.93. The van der Waals surface area contributed by atoms with Crippen LogP contribution in [0.4, 0.5) is 26.3 Å². The van der Waals surface area contributed by atoms with Crippen molar-refractivity contribution in [2.24, 2.45) is 5.16 Å². The number of carbonyl (C=O) groups excluding carboxylic acids is 2. The Hall–Kier alpha value is -4.08. The highest BCUT2D eigenvalue weighted by Gasteiger charge is 2.24. The first-order chi connectivity index (χ1) is 15.5. The maximum atomic E-state index is 13.6. The number of rotatable bonds is 5. The molecule has 0 spiro atoms. The van der Waals surface area contributed by atoms with Gasteiger partial charge in [-0.2, -0.15) is 5.26 Å². The molecule has 7 nitrogen and oxygen atoms in total. The van der Waals surface area contributed by atoms with Gasteiger partial charge in [-0.05, 0) is 26.0 Å². The van der Waals surface area contributed by atoms with Crippen molar-refractivity contribution in [2.45, 2.75) is 13.8 Å². The molecule has 2 aromatic carbocycles. The van der Waals surface area contributed by atoms with Crippen LogP contribution in [-0.4, -0.2) is 36.6 Å². The van der Waals surface area contributed by atoms with Crippen molar-refractivity contribution in [3.8, 4) is 6.07 Å². The van der Waals surface area contributed by atoms with Gasteiger partial charge in [-0.3, -0.25) is 0 Å². The van der Waals surface area contributed by atoms with Gasteiger partial charge in [0.2, 0.25) is 0 Å². The number of nitrogens with zero attached hydrogens (tertiary/aromatic N) is 2. The molecule has 0 atom stereocenters. The van der Waals surface area contributed by atoms with Crippen LogP contribution >= 0.6 is 0 Å². The third-order valence-electron chi connectivity index (χ3n) is 3.64. The zero-order chi connectivity index (χ0) is 25.3. The minimum Gasteiger partial charge on any atom is -0.462 e. The molecule has 0 aromatic heterocycles. The molecule has 0 aliphatic rings. The second-order valence-corrected chi connectivity index (χ2v) is 5.65. The maximum absolute atomic E-state index is 13.6. The zero-order valence-corrected chi connectivity index (χ0v) is 16.9. The van der Waals surface area contributed by atoms with Crippen molar-refractivity contribution in [2.75, 3.05) is 13.2 Å². The summed E-state index contributed by atoms with van der Waals surface area (Å²) in [6, 6.07) is 1.89. The van der Waals surface area contributed by atoms with E-state index in [2.05, 4.69) is 14.6 Å². The van der Waals surface area contributed by atoms with Gasteiger partial charge >= 0.3 is 11.9 Å². The lowest BCUT2D eigenvalue weighted by atomic mass is 10.1. The van der Waals surface area contributed by atoms with Crippen molar-refractivity contribution in [3.05, 3.63) is 69.3 Å². The fourth-order valence-electron chi connectivity index (χ4n) is 2.21. The first kappa shape index (κ1) is 27.0. The molecule has 0 bridgehead atoms. The molecular weight excluding hydrogens is 462 g/mol. The number of ether oxygens (including phenoxy) is 2. The summed E-state index contributed by atoms with van der Waals surface area (Å²) in [4.78, 5) is 22.4. The predicted molar refractivity (Wildman–Crippen MR) is 98.6 cm³/mol. The summed E-state index contributed by atoms with van der Waals surface area (Å²) in [5.41, 5.74) is -3.64. The molecule has 1 N–H and O–H groups in total. The molecule has 2 aromatic rings. The lowest BCUT2D eigenvalue weighted by molar-refractivity contribution is 0.0510. The molecule has 176 valence electrons. The number of oxime groups is 1. The van der Waals surface area contributed by atoms with Crippen LogP contribution in [0.15, 0.2) is 17.3 Å². The average molecular weight is 476 g/mol. The molecular formula is C20H14F6N2O5. The second-order valence-electron chi connectivity index (χ2n) is 5.65. The standard InChI is InChI=1S/C10H8F3NO3.C10H6F3NO2/c1-2-17-10(15)5-3-7(11)9(13)6(4-14-16)8(5)12;1-2-16-10(15)5-3-7(11)9(13)6(4-14)8(5)12/h3-4,16H,2H2,1H3;3H,2H2,1H3. The summed E-state index contributed by atoms with van der Waals surface area (Å²) in [5, 5.41) is 19.0. The summed E-state index contributed by atoms with van der Waals surface area (Å²) in [7, 11) is 0. The Bertz CT molecular complexity index is 1130. The van der Waals surface area contributed by atoms with Crippen LogP contribution in [0, 0.1) is 46.2 Å². The number of hydrogen-bond acceptors (Lipinski definition) is 7. The van der Waals surface area contributed by atoms with E-state index < -0.39 is 69.1 Å². The average Bonchev–Trinajstić information content (AvgIpc) is 2.77. The van der Waals surface area contributed by atoms with Gasteiger partial charge in [-0.15, -0.1) is 0 Å². The molecule has 0 radical (unpaired) electrons.